The summed E-state index contributed by atoms with van der Waals surface area (Å²) in [6.45, 7) is 0. The fourth-order valence-corrected chi connectivity index (χ4v) is 0.550. The summed E-state index contributed by atoms with van der Waals surface area (Å²) in [5, 5.41) is 9.95. The Kier molecular flexibility index (Phi) is 1.75. The molecule has 0 atom stereocenters. The van der Waals surface area contributed by atoms with Gasteiger partial charge in [-0.15, -0.1) is 0 Å². The van der Waals surface area contributed by atoms with Gasteiger partial charge >= 0.3 is 5.69 Å². The van der Waals surface area contributed by atoms with E-state index >= 15 is 0 Å². The summed E-state index contributed by atoms with van der Waals surface area (Å²) in [6.07, 6.45) is 0.830. The van der Waals surface area contributed by atoms with Crippen molar-refractivity contribution >= 4 is 5.69 Å². The Labute approximate surface area is 59.6 Å². The predicted octanol–water partition coefficient (Wildman–Crippen LogP) is 1.27. The van der Waals surface area contributed by atoms with Crippen LogP contribution in [0, 0.1) is 21.9 Å². The van der Waals surface area contributed by atoms with Gasteiger partial charge < -0.3 is 0 Å². The summed E-state index contributed by atoms with van der Waals surface area (Å²) >= 11 is 0. The molecule has 1 aromatic heterocycles. The first-order valence-corrected chi connectivity index (χ1v) is 2.57. The third kappa shape index (κ3) is 1.28. The Hall–Kier alpha value is -1.59. The van der Waals surface area contributed by atoms with Gasteiger partial charge in [0.2, 0.25) is 0 Å². The highest BCUT2D eigenvalue weighted by Crippen LogP contribution is 2.16. The lowest BCUT2D eigenvalue weighted by Gasteiger charge is -1.91. The summed E-state index contributed by atoms with van der Waals surface area (Å²) in [4.78, 5) is 11.8. The highest BCUT2D eigenvalue weighted by molar-refractivity contribution is 5.28. The van der Waals surface area contributed by atoms with Crippen LogP contribution >= 0.6 is 0 Å². The Morgan fingerprint density at radius 2 is 2.18 bits per heavy atom. The zero-order chi connectivity index (χ0) is 8.43. The van der Waals surface area contributed by atoms with Gasteiger partial charge in [-0.1, -0.05) is 0 Å². The molecule has 0 aliphatic rings. The van der Waals surface area contributed by atoms with Gasteiger partial charge in [-0.2, -0.15) is 8.78 Å². The van der Waals surface area contributed by atoms with Crippen molar-refractivity contribution in [2.45, 2.75) is 0 Å². The monoisotopic (exact) mass is 160 g/mol. The number of rotatable bonds is 1. The van der Waals surface area contributed by atoms with Crippen LogP contribution in [0.3, 0.4) is 0 Å². The van der Waals surface area contributed by atoms with Gasteiger partial charge in [-0.05, 0) is 0 Å². The number of aromatic nitrogens is 1. The van der Waals surface area contributed by atoms with Crippen LogP contribution in [-0.2, 0) is 0 Å². The molecule has 1 aromatic rings. The van der Waals surface area contributed by atoms with Crippen LogP contribution in [0.2, 0.25) is 0 Å². The molecule has 0 aliphatic heterocycles. The number of nitrogens with zero attached hydrogens (tertiary/aromatic N) is 2. The van der Waals surface area contributed by atoms with Crippen molar-refractivity contribution in [2.24, 2.45) is 0 Å². The average molecular weight is 160 g/mol. The molecule has 1 rings (SSSR count). The number of nitro groups is 1. The van der Waals surface area contributed by atoms with Gasteiger partial charge in [-0.25, -0.2) is 4.98 Å². The Balaban J connectivity index is 3.27. The second kappa shape index (κ2) is 2.57. The first kappa shape index (κ1) is 7.52. The molecule has 0 radical (unpaired) electrons. The molecular weight excluding hydrogens is 158 g/mol. The van der Waals surface area contributed by atoms with E-state index < -0.39 is 22.4 Å². The third-order valence-electron chi connectivity index (χ3n) is 1.02. The minimum Gasteiger partial charge on any atom is -0.258 e. The van der Waals surface area contributed by atoms with E-state index in [0.29, 0.717) is 0 Å². The maximum absolute atomic E-state index is 12.4. The van der Waals surface area contributed by atoms with Crippen LogP contribution in [-0.4, -0.2) is 9.91 Å². The summed E-state index contributed by atoms with van der Waals surface area (Å²) < 4.78 is 24.5. The average Bonchev–Trinajstić information content (AvgIpc) is 1.94. The SMILES string of the molecule is O=[N+]([O-])c1ccnc(F)c1F. The molecule has 0 saturated carbocycles. The van der Waals surface area contributed by atoms with Crippen molar-refractivity contribution in [2.75, 3.05) is 0 Å². The molecule has 0 unspecified atom stereocenters. The maximum Gasteiger partial charge on any atom is 0.311 e. The lowest BCUT2D eigenvalue weighted by atomic mass is 10.4. The molecule has 6 heteroatoms. The molecule has 0 fully saturated rings. The Bertz CT molecular complexity index is 303. The van der Waals surface area contributed by atoms with Crippen LogP contribution in [0.15, 0.2) is 12.3 Å². The van der Waals surface area contributed by atoms with E-state index in [1.807, 2.05) is 0 Å². The van der Waals surface area contributed by atoms with Crippen LogP contribution < -0.4 is 0 Å². The van der Waals surface area contributed by atoms with Crippen LogP contribution in [0.1, 0.15) is 0 Å². The van der Waals surface area contributed by atoms with E-state index in [-0.39, 0.29) is 0 Å². The molecule has 4 nitrogen and oxygen atoms in total. The molecule has 0 spiro atoms. The first-order chi connectivity index (χ1) is 5.13. The molecule has 58 valence electrons. The van der Waals surface area contributed by atoms with E-state index in [4.69, 9.17) is 0 Å². The van der Waals surface area contributed by atoms with Crippen molar-refractivity contribution < 1.29 is 13.7 Å². The van der Waals surface area contributed by atoms with E-state index in [0.717, 1.165) is 12.3 Å². The third-order valence-corrected chi connectivity index (χ3v) is 1.02. The maximum atomic E-state index is 12.4. The van der Waals surface area contributed by atoms with Crippen molar-refractivity contribution in [3.8, 4) is 0 Å². The number of pyridine rings is 1. The highest BCUT2D eigenvalue weighted by atomic mass is 19.2. The molecular formula is C5H2F2N2O2. The van der Waals surface area contributed by atoms with Crippen LogP contribution in [0.5, 0.6) is 0 Å². The van der Waals surface area contributed by atoms with E-state index in [1.54, 1.807) is 0 Å². The fourth-order valence-electron chi connectivity index (χ4n) is 0.550. The number of halogens is 2. The molecule has 0 amide bonds. The zero-order valence-corrected chi connectivity index (χ0v) is 5.12. The van der Waals surface area contributed by atoms with Crippen molar-refractivity contribution in [1.29, 1.82) is 0 Å². The smallest absolute Gasteiger partial charge is 0.258 e. The fraction of sp³-hybridized carbons (Fsp3) is 0. The topological polar surface area (TPSA) is 56.0 Å². The van der Waals surface area contributed by atoms with E-state index in [2.05, 4.69) is 4.98 Å². The van der Waals surface area contributed by atoms with Crippen molar-refractivity contribution in [3.05, 3.63) is 34.1 Å². The quantitative estimate of drug-likeness (QED) is 0.353. The van der Waals surface area contributed by atoms with Crippen LogP contribution in [0.25, 0.3) is 0 Å². The summed E-state index contributed by atoms with van der Waals surface area (Å²) in [5.74, 6) is -2.99. The summed E-state index contributed by atoms with van der Waals surface area (Å²) in [6, 6.07) is 0.790. The molecule has 0 aliphatic carbocycles. The van der Waals surface area contributed by atoms with Gasteiger partial charge in [0.1, 0.15) is 0 Å². The van der Waals surface area contributed by atoms with Crippen LogP contribution in [0.4, 0.5) is 14.5 Å². The molecule has 1 heterocycles. The standard InChI is InChI=1S/C5H2F2N2O2/c6-4-3(9(10)11)1-2-8-5(4)7/h1-2H. The lowest BCUT2D eigenvalue weighted by molar-refractivity contribution is -0.387. The second-order valence-electron chi connectivity index (χ2n) is 1.69. The number of hydrogen-bond acceptors (Lipinski definition) is 3. The van der Waals surface area contributed by atoms with Crippen molar-refractivity contribution in [3.63, 3.8) is 0 Å². The van der Waals surface area contributed by atoms with Gasteiger partial charge in [0.05, 0.1) is 4.92 Å². The number of hydrogen-bond donors (Lipinski definition) is 0. The second-order valence-corrected chi connectivity index (χ2v) is 1.69. The summed E-state index contributed by atoms with van der Waals surface area (Å²) in [7, 11) is 0. The van der Waals surface area contributed by atoms with Gasteiger partial charge in [-0.3, -0.25) is 10.1 Å². The predicted molar refractivity (Wildman–Crippen MR) is 30.8 cm³/mol. The largest absolute Gasteiger partial charge is 0.311 e. The Morgan fingerprint density at radius 1 is 1.55 bits per heavy atom. The van der Waals surface area contributed by atoms with Gasteiger partial charge in [0.25, 0.3) is 11.8 Å². The minimum absolute atomic E-state index is 0.790. The van der Waals surface area contributed by atoms with Gasteiger partial charge in [0.15, 0.2) is 0 Å². The van der Waals surface area contributed by atoms with E-state index in [9.17, 15) is 18.9 Å². The lowest BCUT2D eigenvalue weighted by Crippen LogP contribution is -1.96. The molecule has 0 aromatic carbocycles. The minimum atomic E-state index is -1.53. The first-order valence-electron chi connectivity index (χ1n) is 2.57. The zero-order valence-electron chi connectivity index (χ0n) is 5.12. The van der Waals surface area contributed by atoms with Gasteiger partial charge in [0, 0.05) is 12.3 Å². The molecule has 0 N–H and O–H groups in total. The molecule has 0 saturated heterocycles. The Morgan fingerprint density at radius 3 is 2.64 bits per heavy atom. The molecule has 11 heavy (non-hydrogen) atoms. The van der Waals surface area contributed by atoms with Crippen molar-refractivity contribution in [1.82, 2.24) is 4.98 Å². The molecule has 0 bridgehead atoms. The highest BCUT2D eigenvalue weighted by Gasteiger charge is 2.17. The summed E-state index contributed by atoms with van der Waals surface area (Å²) in [5.41, 5.74) is -0.905. The van der Waals surface area contributed by atoms with E-state index in [1.165, 1.54) is 0 Å². The normalized spacial score (nSPS) is 9.64.